The van der Waals surface area contributed by atoms with E-state index in [0.29, 0.717) is 12.5 Å². The van der Waals surface area contributed by atoms with Crippen LogP contribution < -0.4 is 4.74 Å². The number of hydrogen-bond donors (Lipinski definition) is 1. The van der Waals surface area contributed by atoms with Crippen LogP contribution in [-0.4, -0.2) is 16.6 Å². The topological polar surface area (TPSA) is 37.9 Å². The van der Waals surface area contributed by atoms with Gasteiger partial charge in [-0.15, -0.1) is 0 Å². The van der Waals surface area contributed by atoms with E-state index in [9.17, 15) is 0 Å². The van der Waals surface area contributed by atoms with Crippen LogP contribution in [0.1, 0.15) is 13.3 Å². The summed E-state index contributed by atoms with van der Waals surface area (Å²) >= 11 is 0. The largest absolute Gasteiger partial charge is 0.476 e. The molecule has 15 heavy (non-hydrogen) atoms. The third-order valence-electron chi connectivity index (χ3n) is 2.11. The van der Waals surface area contributed by atoms with Crippen molar-refractivity contribution in [2.24, 2.45) is 0 Å². The van der Waals surface area contributed by atoms with Crippen LogP contribution in [0, 0.1) is 0 Å². The standard InChI is InChI=1S/C12H14N2O/c1-2-8-15-12-11(13-9-14-12)10-6-4-3-5-7-10/h3-7,9H,2,8H2,1H3,(H,13,14). The minimum atomic E-state index is 0.683. The minimum absolute atomic E-state index is 0.683. The van der Waals surface area contributed by atoms with Crippen LogP contribution >= 0.6 is 0 Å². The van der Waals surface area contributed by atoms with Gasteiger partial charge in [0.2, 0.25) is 5.88 Å². The predicted molar refractivity (Wildman–Crippen MR) is 59.8 cm³/mol. The molecule has 0 aliphatic rings. The molecular weight excluding hydrogens is 188 g/mol. The normalized spacial score (nSPS) is 10.2. The lowest BCUT2D eigenvalue weighted by molar-refractivity contribution is 0.308. The second-order valence-corrected chi connectivity index (χ2v) is 3.30. The molecule has 0 saturated heterocycles. The molecule has 0 amide bonds. The number of rotatable bonds is 4. The summed E-state index contributed by atoms with van der Waals surface area (Å²) in [6.45, 7) is 2.78. The quantitative estimate of drug-likeness (QED) is 0.827. The van der Waals surface area contributed by atoms with Crippen molar-refractivity contribution >= 4 is 0 Å². The van der Waals surface area contributed by atoms with E-state index in [2.05, 4.69) is 16.9 Å². The molecule has 1 aromatic carbocycles. The minimum Gasteiger partial charge on any atom is -0.476 e. The van der Waals surface area contributed by atoms with Crippen LogP contribution in [0.4, 0.5) is 0 Å². The molecule has 0 aliphatic carbocycles. The number of H-pyrrole nitrogens is 1. The fourth-order valence-corrected chi connectivity index (χ4v) is 1.40. The van der Waals surface area contributed by atoms with Gasteiger partial charge in [-0.1, -0.05) is 37.3 Å². The van der Waals surface area contributed by atoms with Gasteiger partial charge in [-0.3, -0.25) is 0 Å². The van der Waals surface area contributed by atoms with E-state index in [1.165, 1.54) is 0 Å². The number of nitrogens with zero attached hydrogens (tertiary/aromatic N) is 1. The van der Waals surface area contributed by atoms with Crippen molar-refractivity contribution in [1.29, 1.82) is 0 Å². The van der Waals surface area contributed by atoms with Gasteiger partial charge in [-0.25, -0.2) is 4.98 Å². The molecular formula is C12H14N2O. The number of aromatic amines is 1. The molecule has 0 aliphatic heterocycles. The van der Waals surface area contributed by atoms with Crippen LogP contribution in [0.3, 0.4) is 0 Å². The second kappa shape index (κ2) is 4.64. The summed E-state index contributed by atoms with van der Waals surface area (Å²) < 4.78 is 5.54. The molecule has 1 heterocycles. The molecule has 0 bridgehead atoms. The smallest absolute Gasteiger partial charge is 0.239 e. The molecule has 2 aromatic rings. The van der Waals surface area contributed by atoms with Crippen LogP contribution in [0.15, 0.2) is 36.7 Å². The summed E-state index contributed by atoms with van der Waals surface area (Å²) in [4.78, 5) is 7.25. The highest BCUT2D eigenvalue weighted by atomic mass is 16.5. The van der Waals surface area contributed by atoms with Crippen LogP contribution in [0.2, 0.25) is 0 Å². The van der Waals surface area contributed by atoms with Gasteiger partial charge in [-0.2, -0.15) is 0 Å². The Morgan fingerprint density at radius 2 is 2.07 bits per heavy atom. The predicted octanol–water partition coefficient (Wildman–Crippen LogP) is 2.87. The van der Waals surface area contributed by atoms with Crippen molar-refractivity contribution in [3.05, 3.63) is 36.7 Å². The number of aromatic nitrogens is 2. The SMILES string of the molecule is CCCOc1nc[nH]c1-c1ccccc1. The number of benzene rings is 1. The van der Waals surface area contributed by atoms with Crippen LogP contribution in [-0.2, 0) is 0 Å². The van der Waals surface area contributed by atoms with Gasteiger partial charge in [0.15, 0.2) is 0 Å². The fraction of sp³-hybridized carbons (Fsp3) is 0.250. The summed E-state index contributed by atoms with van der Waals surface area (Å²) in [6.07, 6.45) is 2.65. The molecule has 3 nitrogen and oxygen atoms in total. The van der Waals surface area contributed by atoms with Crippen LogP contribution in [0.5, 0.6) is 5.88 Å². The zero-order valence-electron chi connectivity index (χ0n) is 8.73. The first-order valence-electron chi connectivity index (χ1n) is 5.13. The van der Waals surface area contributed by atoms with Crippen molar-refractivity contribution in [3.8, 4) is 17.1 Å². The van der Waals surface area contributed by atoms with Crippen molar-refractivity contribution in [3.63, 3.8) is 0 Å². The first-order valence-corrected chi connectivity index (χ1v) is 5.13. The van der Waals surface area contributed by atoms with E-state index in [4.69, 9.17) is 4.74 Å². The second-order valence-electron chi connectivity index (χ2n) is 3.30. The molecule has 1 aromatic heterocycles. The first kappa shape index (κ1) is 9.77. The number of ether oxygens (including phenoxy) is 1. The average molecular weight is 202 g/mol. The Balaban J connectivity index is 2.25. The van der Waals surface area contributed by atoms with Gasteiger partial charge in [0.1, 0.15) is 5.69 Å². The van der Waals surface area contributed by atoms with Crippen molar-refractivity contribution in [2.45, 2.75) is 13.3 Å². The lowest BCUT2D eigenvalue weighted by Crippen LogP contribution is -1.96. The summed E-state index contributed by atoms with van der Waals surface area (Å²) in [5.74, 6) is 0.683. The molecule has 0 saturated carbocycles. The molecule has 0 spiro atoms. The van der Waals surface area contributed by atoms with Crippen molar-refractivity contribution in [2.75, 3.05) is 6.61 Å². The number of hydrogen-bond acceptors (Lipinski definition) is 2. The van der Waals surface area contributed by atoms with Gasteiger partial charge in [0, 0.05) is 5.56 Å². The van der Waals surface area contributed by atoms with E-state index >= 15 is 0 Å². The Labute approximate surface area is 89.1 Å². The Hall–Kier alpha value is -1.77. The Morgan fingerprint density at radius 3 is 2.80 bits per heavy atom. The Bertz CT molecular complexity index is 409. The molecule has 0 fully saturated rings. The third-order valence-corrected chi connectivity index (χ3v) is 2.11. The summed E-state index contributed by atoms with van der Waals surface area (Å²) in [5, 5.41) is 0. The third kappa shape index (κ3) is 2.18. The molecule has 0 atom stereocenters. The number of nitrogens with one attached hydrogen (secondary N) is 1. The van der Waals surface area contributed by atoms with E-state index in [1.807, 2.05) is 30.3 Å². The average Bonchev–Trinajstić information content (AvgIpc) is 2.75. The Kier molecular flexibility index (Phi) is 3.02. The van der Waals surface area contributed by atoms with Gasteiger partial charge in [-0.05, 0) is 6.42 Å². The van der Waals surface area contributed by atoms with Crippen molar-refractivity contribution < 1.29 is 4.74 Å². The molecule has 0 radical (unpaired) electrons. The zero-order valence-corrected chi connectivity index (χ0v) is 8.73. The van der Waals surface area contributed by atoms with E-state index in [0.717, 1.165) is 17.7 Å². The maximum absolute atomic E-state index is 5.54. The van der Waals surface area contributed by atoms with Gasteiger partial charge < -0.3 is 9.72 Å². The van der Waals surface area contributed by atoms with E-state index in [1.54, 1.807) is 6.33 Å². The lowest BCUT2D eigenvalue weighted by Gasteiger charge is -2.03. The molecule has 78 valence electrons. The van der Waals surface area contributed by atoms with Gasteiger partial charge in [0.25, 0.3) is 0 Å². The monoisotopic (exact) mass is 202 g/mol. The highest BCUT2D eigenvalue weighted by Crippen LogP contribution is 2.25. The Morgan fingerprint density at radius 1 is 1.27 bits per heavy atom. The highest BCUT2D eigenvalue weighted by molar-refractivity contribution is 5.64. The van der Waals surface area contributed by atoms with Gasteiger partial charge in [0.05, 0.1) is 12.9 Å². The van der Waals surface area contributed by atoms with E-state index < -0.39 is 0 Å². The summed E-state index contributed by atoms with van der Waals surface area (Å²) in [7, 11) is 0. The highest BCUT2D eigenvalue weighted by Gasteiger charge is 2.07. The summed E-state index contributed by atoms with van der Waals surface area (Å²) in [5.41, 5.74) is 2.05. The van der Waals surface area contributed by atoms with Crippen LogP contribution in [0.25, 0.3) is 11.3 Å². The fourth-order valence-electron chi connectivity index (χ4n) is 1.40. The molecule has 2 rings (SSSR count). The maximum Gasteiger partial charge on any atom is 0.239 e. The number of imidazole rings is 1. The molecule has 3 heteroatoms. The van der Waals surface area contributed by atoms with E-state index in [-0.39, 0.29) is 0 Å². The first-order chi connectivity index (χ1) is 7.42. The zero-order chi connectivity index (χ0) is 10.5. The van der Waals surface area contributed by atoms with Crippen molar-refractivity contribution in [1.82, 2.24) is 9.97 Å². The molecule has 0 unspecified atom stereocenters. The lowest BCUT2D eigenvalue weighted by atomic mass is 10.2. The molecule has 1 N–H and O–H groups in total. The van der Waals surface area contributed by atoms with Gasteiger partial charge >= 0.3 is 0 Å². The summed E-state index contributed by atoms with van der Waals surface area (Å²) in [6, 6.07) is 10.1. The maximum atomic E-state index is 5.54.